The Kier molecular flexibility index (Phi) is 5.02. The lowest BCUT2D eigenvalue weighted by Gasteiger charge is -2.19. The fourth-order valence-electron chi connectivity index (χ4n) is 7.45. The number of furan rings is 1. The van der Waals surface area contributed by atoms with Crippen LogP contribution in [0.15, 0.2) is 174 Å². The SMILES string of the molecule is [2H]c1c(-c2cccc(-c3c4ccccc4c(-c4cccc5ccccc45)c4ccccc34)c2)c([2H])c2oc3c4ccccc4ccc3c2c1[2H]. The Balaban J connectivity index is 1.24. The minimum atomic E-state index is 0.0246. The monoisotopic (exact) mass is 599 g/mol. The smallest absolute Gasteiger partial charge is 0.143 e. The van der Waals surface area contributed by atoms with Gasteiger partial charge in [0.2, 0.25) is 0 Å². The Hall–Kier alpha value is -6.18. The van der Waals surface area contributed by atoms with Gasteiger partial charge in [0.15, 0.2) is 0 Å². The topological polar surface area (TPSA) is 13.1 Å². The molecule has 0 fully saturated rings. The Labute approximate surface area is 276 Å². The summed E-state index contributed by atoms with van der Waals surface area (Å²) < 4.78 is 34.2. The summed E-state index contributed by atoms with van der Waals surface area (Å²) in [7, 11) is 0. The molecule has 0 atom stereocenters. The van der Waals surface area contributed by atoms with Gasteiger partial charge in [0.05, 0.1) is 4.11 Å². The summed E-state index contributed by atoms with van der Waals surface area (Å²) in [6, 6.07) is 52.5. The molecule has 1 aromatic heterocycles. The van der Waals surface area contributed by atoms with Crippen molar-refractivity contribution < 1.29 is 8.53 Å². The molecule has 1 nitrogen and oxygen atoms in total. The second-order valence-electron chi connectivity index (χ2n) is 12.2. The van der Waals surface area contributed by atoms with Crippen LogP contribution in [0.4, 0.5) is 0 Å². The molecule has 9 aromatic carbocycles. The molecule has 0 saturated carbocycles. The highest BCUT2D eigenvalue weighted by molar-refractivity contribution is 6.23. The van der Waals surface area contributed by atoms with E-state index in [1.54, 1.807) is 0 Å². The van der Waals surface area contributed by atoms with Crippen molar-refractivity contribution in [1.82, 2.24) is 0 Å². The van der Waals surface area contributed by atoms with E-state index in [4.69, 9.17) is 5.79 Å². The predicted molar refractivity (Wildman–Crippen MR) is 200 cm³/mol. The average molecular weight is 600 g/mol. The second kappa shape index (κ2) is 10.2. The van der Waals surface area contributed by atoms with Crippen LogP contribution in [0.25, 0.3) is 98.4 Å². The van der Waals surface area contributed by atoms with E-state index in [-0.39, 0.29) is 18.1 Å². The Morgan fingerprint density at radius 3 is 1.70 bits per heavy atom. The van der Waals surface area contributed by atoms with Gasteiger partial charge in [0, 0.05) is 16.2 Å². The van der Waals surface area contributed by atoms with Crippen molar-refractivity contribution >= 4 is 65.0 Å². The van der Waals surface area contributed by atoms with Gasteiger partial charge in [0.1, 0.15) is 11.2 Å². The summed E-state index contributed by atoms with van der Waals surface area (Å²) in [6.45, 7) is 0. The van der Waals surface area contributed by atoms with Crippen LogP contribution in [0.1, 0.15) is 4.11 Å². The molecule has 0 amide bonds. The van der Waals surface area contributed by atoms with Crippen molar-refractivity contribution in [2.75, 3.05) is 0 Å². The number of fused-ring (bicyclic) bond motifs is 8. The molecule has 0 bridgehead atoms. The molecule has 218 valence electrons. The molecule has 0 saturated heterocycles. The summed E-state index contributed by atoms with van der Waals surface area (Å²) in [5.41, 5.74) is 6.59. The average Bonchev–Trinajstić information content (AvgIpc) is 3.57. The van der Waals surface area contributed by atoms with Gasteiger partial charge in [-0.15, -0.1) is 0 Å². The highest BCUT2D eigenvalue weighted by Crippen LogP contribution is 2.46. The summed E-state index contributed by atoms with van der Waals surface area (Å²) in [5, 5.41) is 10.2. The van der Waals surface area contributed by atoms with E-state index in [0.717, 1.165) is 48.8 Å². The normalized spacial score (nSPS) is 12.7. The Morgan fingerprint density at radius 1 is 0.383 bits per heavy atom. The lowest BCUT2D eigenvalue weighted by Crippen LogP contribution is -1.92. The van der Waals surface area contributed by atoms with Crippen molar-refractivity contribution in [2.45, 2.75) is 0 Å². The van der Waals surface area contributed by atoms with Gasteiger partial charge in [0.25, 0.3) is 0 Å². The molecule has 0 radical (unpaired) electrons. The van der Waals surface area contributed by atoms with Crippen molar-refractivity contribution in [2.24, 2.45) is 0 Å². The number of rotatable bonds is 3. The minimum absolute atomic E-state index is 0.0246. The van der Waals surface area contributed by atoms with E-state index in [9.17, 15) is 2.74 Å². The first-order valence-electron chi connectivity index (χ1n) is 17.4. The van der Waals surface area contributed by atoms with E-state index in [1.165, 1.54) is 21.9 Å². The molecule has 10 aromatic rings. The van der Waals surface area contributed by atoms with E-state index < -0.39 is 0 Å². The molecular formula is C46H28O. The van der Waals surface area contributed by atoms with Crippen LogP contribution >= 0.6 is 0 Å². The van der Waals surface area contributed by atoms with Gasteiger partial charge in [-0.3, -0.25) is 0 Å². The molecular weight excluding hydrogens is 569 g/mol. The zero-order chi connectivity index (χ0) is 33.5. The molecule has 0 aliphatic heterocycles. The first-order chi connectivity index (χ1) is 24.6. The fourth-order valence-corrected chi connectivity index (χ4v) is 7.45. The molecule has 0 spiro atoms. The number of benzene rings is 9. The van der Waals surface area contributed by atoms with Crippen LogP contribution in [0.2, 0.25) is 0 Å². The molecule has 0 N–H and O–H groups in total. The van der Waals surface area contributed by atoms with E-state index >= 15 is 0 Å². The van der Waals surface area contributed by atoms with Crippen molar-refractivity contribution in [3.8, 4) is 33.4 Å². The van der Waals surface area contributed by atoms with Gasteiger partial charge < -0.3 is 4.42 Å². The predicted octanol–water partition coefficient (Wildman–Crippen LogP) is 13.2. The van der Waals surface area contributed by atoms with Crippen molar-refractivity contribution in [3.05, 3.63) is 170 Å². The summed E-state index contributed by atoms with van der Waals surface area (Å²) in [6.07, 6.45) is 0. The molecule has 0 unspecified atom stereocenters. The van der Waals surface area contributed by atoms with Gasteiger partial charge in [-0.05, 0) is 95.3 Å². The van der Waals surface area contributed by atoms with Crippen LogP contribution in [0, 0.1) is 0 Å². The van der Waals surface area contributed by atoms with E-state index in [0.29, 0.717) is 27.7 Å². The van der Waals surface area contributed by atoms with Crippen LogP contribution < -0.4 is 0 Å². The van der Waals surface area contributed by atoms with E-state index in [1.807, 2.05) is 48.5 Å². The van der Waals surface area contributed by atoms with Crippen LogP contribution in [0.5, 0.6) is 0 Å². The van der Waals surface area contributed by atoms with E-state index in [2.05, 4.69) is 103 Å². The first-order valence-corrected chi connectivity index (χ1v) is 15.9. The van der Waals surface area contributed by atoms with Crippen molar-refractivity contribution in [3.63, 3.8) is 0 Å². The maximum absolute atomic E-state index is 9.38. The molecule has 1 heterocycles. The highest BCUT2D eigenvalue weighted by Gasteiger charge is 2.18. The maximum atomic E-state index is 9.38. The Morgan fingerprint density at radius 2 is 0.957 bits per heavy atom. The molecule has 47 heavy (non-hydrogen) atoms. The fraction of sp³-hybridized carbons (Fsp3) is 0. The van der Waals surface area contributed by atoms with Crippen LogP contribution in [0.3, 0.4) is 0 Å². The lowest BCUT2D eigenvalue weighted by molar-refractivity contribution is 0.673. The third-order valence-electron chi connectivity index (χ3n) is 9.56. The molecule has 10 rings (SSSR count). The zero-order valence-corrected chi connectivity index (χ0v) is 25.3. The lowest BCUT2D eigenvalue weighted by atomic mass is 9.84. The zero-order valence-electron chi connectivity index (χ0n) is 28.3. The van der Waals surface area contributed by atoms with Crippen LogP contribution in [-0.4, -0.2) is 0 Å². The summed E-state index contributed by atoms with van der Waals surface area (Å²) >= 11 is 0. The third kappa shape index (κ3) is 3.97. The summed E-state index contributed by atoms with van der Waals surface area (Å²) in [5.74, 6) is 0. The highest BCUT2D eigenvalue weighted by atomic mass is 16.3. The molecule has 0 aliphatic carbocycles. The Bertz CT molecular complexity index is 2960. The van der Waals surface area contributed by atoms with Crippen molar-refractivity contribution in [1.29, 1.82) is 0 Å². The second-order valence-corrected chi connectivity index (χ2v) is 12.2. The van der Waals surface area contributed by atoms with Crippen LogP contribution in [-0.2, 0) is 0 Å². The molecule has 0 aliphatic rings. The quantitative estimate of drug-likeness (QED) is 0.184. The maximum Gasteiger partial charge on any atom is 0.143 e. The van der Waals surface area contributed by atoms with Gasteiger partial charge in [-0.1, -0.05) is 146 Å². The largest absolute Gasteiger partial charge is 0.455 e. The van der Waals surface area contributed by atoms with Gasteiger partial charge >= 0.3 is 0 Å². The molecule has 1 heteroatoms. The third-order valence-corrected chi connectivity index (χ3v) is 9.56. The van der Waals surface area contributed by atoms with Gasteiger partial charge in [-0.2, -0.15) is 0 Å². The first kappa shape index (κ1) is 23.2. The number of hydrogen-bond donors (Lipinski definition) is 0. The van der Waals surface area contributed by atoms with Gasteiger partial charge in [-0.25, -0.2) is 0 Å². The minimum Gasteiger partial charge on any atom is -0.455 e. The number of hydrogen-bond acceptors (Lipinski definition) is 1. The summed E-state index contributed by atoms with van der Waals surface area (Å²) in [4.78, 5) is 0. The standard InChI is InChI=1S/C46H28O/c1-3-16-34-29(11-1)13-10-22-37(34)45-40-20-7-5-18-38(40)44(39-19-6-8-21-41(39)45)33-15-9-14-31(27-33)32-24-25-36-42-26-23-30-12-2-4-17-35(30)46(42)47-43(36)28-32/h1-28H/i24D,25D,28D.